The molecule has 0 saturated carbocycles. The largest absolute Gasteiger partial charge is 0.492 e. The Kier molecular flexibility index (Phi) is 7.71. The normalized spacial score (nSPS) is 14.1. The Morgan fingerprint density at radius 1 is 1.15 bits per heavy atom. The fraction of sp³-hybridized carbons (Fsp3) is 0.625. The molecule has 1 N–H and O–H groups in total. The summed E-state index contributed by atoms with van der Waals surface area (Å²) in [6.45, 7) is 9.99. The SMILES string of the molecule is CCNC(CC(C)CC)c1cc(Cl)c(OCC)cc1Cl. The van der Waals surface area contributed by atoms with Crippen LogP contribution >= 0.6 is 23.2 Å². The summed E-state index contributed by atoms with van der Waals surface area (Å²) in [4.78, 5) is 0. The first-order valence-corrected chi connectivity index (χ1v) is 8.14. The van der Waals surface area contributed by atoms with Gasteiger partial charge in [0.25, 0.3) is 0 Å². The number of nitrogens with one attached hydrogen (secondary N) is 1. The van der Waals surface area contributed by atoms with Crippen molar-refractivity contribution in [1.29, 1.82) is 0 Å². The maximum atomic E-state index is 6.42. The van der Waals surface area contributed by atoms with Crippen LogP contribution in [0.2, 0.25) is 10.0 Å². The Balaban J connectivity index is 3.03. The highest BCUT2D eigenvalue weighted by Gasteiger charge is 2.18. The topological polar surface area (TPSA) is 21.3 Å². The van der Waals surface area contributed by atoms with E-state index in [2.05, 4.69) is 26.1 Å². The first-order chi connectivity index (χ1) is 9.53. The Morgan fingerprint density at radius 2 is 1.85 bits per heavy atom. The summed E-state index contributed by atoms with van der Waals surface area (Å²) >= 11 is 12.7. The van der Waals surface area contributed by atoms with Crippen molar-refractivity contribution in [3.63, 3.8) is 0 Å². The predicted molar refractivity (Wildman–Crippen MR) is 88.1 cm³/mol. The van der Waals surface area contributed by atoms with Crippen LogP contribution in [0.4, 0.5) is 0 Å². The molecule has 2 atom stereocenters. The molecule has 0 radical (unpaired) electrons. The fourth-order valence-electron chi connectivity index (χ4n) is 2.21. The molecule has 0 amide bonds. The lowest BCUT2D eigenvalue weighted by Gasteiger charge is -2.23. The van der Waals surface area contributed by atoms with Crippen molar-refractivity contribution in [2.45, 2.75) is 46.6 Å². The quantitative estimate of drug-likeness (QED) is 0.685. The molecule has 0 aliphatic carbocycles. The van der Waals surface area contributed by atoms with E-state index in [4.69, 9.17) is 27.9 Å². The first-order valence-electron chi connectivity index (χ1n) is 7.38. The lowest BCUT2D eigenvalue weighted by atomic mass is 9.94. The summed E-state index contributed by atoms with van der Waals surface area (Å²) in [5.74, 6) is 1.29. The molecule has 0 aliphatic rings. The van der Waals surface area contributed by atoms with Crippen LogP contribution in [0.1, 0.15) is 52.1 Å². The van der Waals surface area contributed by atoms with Gasteiger partial charge in [-0.15, -0.1) is 0 Å². The fourth-order valence-corrected chi connectivity index (χ4v) is 2.72. The van der Waals surface area contributed by atoms with Gasteiger partial charge in [-0.1, -0.05) is 50.4 Å². The maximum Gasteiger partial charge on any atom is 0.139 e. The molecule has 0 saturated heterocycles. The molecule has 4 heteroatoms. The number of benzene rings is 1. The van der Waals surface area contributed by atoms with E-state index in [0.717, 1.165) is 24.9 Å². The highest BCUT2D eigenvalue weighted by atomic mass is 35.5. The zero-order valence-corrected chi connectivity index (χ0v) is 14.3. The van der Waals surface area contributed by atoms with E-state index in [1.807, 2.05) is 19.1 Å². The molecule has 114 valence electrons. The summed E-state index contributed by atoms with van der Waals surface area (Å²) in [5, 5.41) is 4.84. The second kappa shape index (κ2) is 8.76. The number of hydrogen-bond donors (Lipinski definition) is 1. The number of halogens is 2. The predicted octanol–water partition coefficient (Wildman–Crippen LogP) is 5.48. The van der Waals surface area contributed by atoms with Gasteiger partial charge >= 0.3 is 0 Å². The summed E-state index contributed by atoms with van der Waals surface area (Å²) in [6.07, 6.45) is 2.21. The van der Waals surface area contributed by atoms with Gasteiger partial charge in [0.15, 0.2) is 0 Å². The average Bonchev–Trinajstić information content (AvgIpc) is 2.42. The Morgan fingerprint density at radius 3 is 2.40 bits per heavy atom. The third kappa shape index (κ3) is 4.83. The summed E-state index contributed by atoms with van der Waals surface area (Å²) < 4.78 is 5.48. The van der Waals surface area contributed by atoms with Crippen LogP contribution in [0, 0.1) is 5.92 Å². The number of rotatable bonds is 8. The molecular weight excluding hydrogens is 293 g/mol. The molecule has 0 heterocycles. The molecule has 2 nitrogen and oxygen atoms in total. The smallest absolute Gasteiger partial charge is 0.139 e. The monoisotopic (exact) mass is 317 g/mol. The highest BCUT2D eigenvalue weighted by Crippen LogP contribution is 2.36. The summed E-state index contributed by atoms with van der Waals surface area (Å²) in [5.41, 5.74) is 1.06. The van der Waals surface area contributed by atoms with Gasteiger partial charge in [-0.2, -0.15) is 0 Å². The van der Waals surface area contributed by atoms with E-state index in [9.17, 15) is 0 Å². The van der Waals surface area contributed by atoms with E-state index >= 15 is 0 Å². The van der Waals surface area contributed by atoms with Gasteiger partial charge in [0, 0.05) is 17.1 Å². The zero-order chi connectivity index (χ0) is 15.1. The highest BCUT2D eigenvalue weighted by molar-refractivity contribution is 6.34. The van der Waals surface area contributed by atoms with E-state index in [1.54, 1.807) is 0 Å². The van der Waals surface area contributed by atoms with Crippen LogP contribution in [0.5, 0.6) is 5.75 Å². The maximum absolute atomic E-state index is 6.42. The van der Waals surface area contributed by atoms with E-state index in [-0.39, 0.29) is 6.04 Å². The minimum Gasteiger partial charge on any atom is -0.492 e. The van der Waals surface area contributed by atoms with Crippen LogP contribution < -0.4 is 10.1 Å². The lowest BCUT2D eigenvalue weighted by molar-refractivity contribution is 0.340. The Labute approximate surface area is 132 Å². The van der Waals surface area contributed by atoms with Crippen LogP contribution in [0.25, 0.3) is 0 Å². The molecule has 1 rings (SSSR count). The van der Waals surface area contributed by atoms with Crippen LogP contribution in [0.15, 0.2) is 12.1 Å². The van der Waals surface area contributed by atoms with Crippen molar-refractivity contribution >= 4 is 23.2 Å². The van der Waals surface area contributed by atoms with Crippen molar-refractivity contribution in [2.24, 2.45) is 5.92 Å². The molecular formula is C16H25Cl2NO. The van der Waals surface area contributed by atoms with Gasteiger partial charge in [-0.05, 0) is 37.4 Å². The molecule has 20 heavy (non-hydrogen) atoms. The Bertz CT molecular complexity index is 423. The van der Waals surface area contributed by atoms with E-state index in [0.29, 0.717) is 28.3 Å². The average molecular weight is 318 g/mol. The molecule has 0 spiro atoms. The van der Waals surface area contributed by atoms with Crippen LogP contribution in [-0.4, -0.2) is 13.2 Å². The van der Waals surface area contributed by atoms with Gasteiger partial charge in [0.05, 0.1) is 11.6 Å². The van der Waals surface area contributed by atoms with Crippen molar-refractivity contribution in [1.82, 2.24) is 5.32 Å². The van der Waals surface area contributed by atoms with E-state index in [1.165, 1.54) is 0 Å². The van der Waals surface area contributed by atoms with E-state index < -0.39 is 0 Å². The molecule has 0 aliphatic heterocycles. The van der Waals surface area contributed by atoms with Crippen molar-refractivity contribution in [2.75, 3.05) is 13.2 Å². The van der Waals surface area contributed by atoms with Gasteiger partial charge in [-0.25, -0.2) is 0 Å². The molecule has 0 fully saturated rings. The third-order valence-electron chi connectivity index (χ3n) is 3.51. The van der Waals surface area contributed by atoms with Crippen molar-refractivity contribution < 1.29 is 4.74 Å². The van der Waals surface area contributed by atoms with Crippen molar-refractivity contribution in [3.05, 3.63) is 27.7 Å². The Hall–Kier alpha value is -0.440. The summed E-state index contributed by atoms with van der Waals surface area (Å²) in [6, 6.07) is 3.99. The van der Waals surface area contributed by atoms with Crippen LogP contribution in [0.3, 0.4) is 0 Å². The second-order valence-electron chi connectivity index (χ2n) is 5.10. The summed E-state index contributed by atoms with van der Waals surface area (Å²) in [7, 11) is 0. The first kappa shape index (κ1) is 17.6. The number of hydrogen-bond acceptors (Lipinski definition) is 2. The molecule has 1 aromatic carbocycles. The van der Waals surface area contributed by atoms with Crippen molar-refractivity contribution in [3.8, 4) is 5.75 Å². The zero-order valence-electron chi connectivity index (χ0n) is 12.8. The molecule has 0 aromatic heterocycles. The molecule has 0 bridgehead atoms. The van der Waals surface area contributed by atoms with Gasteiger partial charge < -0.3 is 10.1 Å². The minimum absolute atomic E-state index is 0.232. The lowest BCUT2D eigenvalue weighted by Crippen LogP contribution is -2.23. The van der Waals surface area contributed by atoms with Gasteiger partial charge in [0.1, 0.15) is 5.75 Å². The number of ether oxygens (including phenoxy) is 1. The molecule has 1 aromatic rings. The minimum atomic E-state index is 0.232. The standard InChI is InChI=1S/C16H25Cl2NO/c1-5-11(4)8-15(19-6-2)12-9-14(18)16(20-7-3)10-13(12)17/h9-11,15,19H,5-8H2,1-4H3. The third-order valence-corrected chi connectivity index (χ3v) is 4.13. The molecule has 2 unspecified atom stereocenters. The van der Waals surface area contributed by atoms with Gasteiger partial charge in [0.2, 0.25) is 0 Å². The second-order valence-corrected chi connectivity index (χ2v) is 5.91. The van der Waals surface area contributed by atoms with Gasteiger partial charge in [-0.3, -0.25) is 0 Å². The van der Waals surface area contributed by atoms with Crippen LogP contribution in [-0.2, 0) is 0 Å².